The minimum atomic E-state index is -3.67. The number of nitrogens with one attached hydrogen (secondary N) is 2. The molecule has 1 unspecified atom stereocenters. The Bertz CT molecular complexity index is 1320. The first-order valence-electron chi connectivity index (χ1n) is 10.3. The SMILES string of the molecule is Cc1ccc(N(C)S(=O)(=O)c2cccs2)c2[nH]c(C3=NC(NC(=O)OC(C)(C)C)CS3)cc12. The van der Waals surface area contributed by atoms with Crippen LogP contribution in [0.3, 0.4) is 0 Å². The van der Waals surface area contributed by atoms with Crippen LogP contribution in [0.1, 0.15) is 32.0 Å². The van der Waals surface area contributed by atoms with E-state index in [1.807, 2.05) is 39.8 Å². The highest BCUT2D eigenvalue weighted by Crippen LogP contribution is 2.34. The molecule has 11 heteroatoms. The van der Waals surface area contributed by atoms with Crippen LogP contribution in [0.4, 0.5) is 10.5 Å². The van der Waals surface area contributed by atoms with Crippen molar-refractivity contribution < 1.29 is 17.9 Å². The Morgan fingerprint density at radius 3 is 2.73 bits per heavy atom. The molecule has 176 valence electrons. The van der Waals surface area contributed by atoms with E-state index >= 15 is 0 Å². The fourth-order valence-corrected chi connectivity index (χ4v) is 6.75. The molecule has 0 bridgehead atoms. The monoisotopic (exact) mass is 506 g/mol. The van der Waals surface area contributed by atoms with Gasteiger partial charge in [-0.25, -0.2) is 13.2 Å². The van der Waals surface area contributed by atoms with Gasteiger partial charge in [0.1, 0.15) is 21.0 Å². The molecule has 1 aliphatic rings. The van der Waals surface area contributed by atoms with Crippen molar-refractivity contribution in [3.05, 3.63) is 47.0 Å². The number of carbonyl (C=O) groups is 1. The highest BCUT2D eigenvalue weighted by Gasteiger charge is 2.27. The molecule has 0 saturated heterocycles. The number of H-pyrrole nitrogens is 1. The van der Waals surface area contributed by atoms with Gasteiger partial charge >= 0.3 is 6.09 Å². The smallest absolute Gasteiger partial charge is 0.409 e. The largest absolute Gasteiger partial charge is 0.444 e. The zero-order valence-electron chi connectivity index (χ0n) is 19.0. The summed E-state index contributed by atoms with van der Waals surface area (Å²) >= 11 is 2.71. The Morgan fingerprint density at radius 1 is 1.30 bits per heavy atom. The second-order valence-electron chi connectivity index (χ2n) is 8.69. The maximum absolute atomic E-state index is 13.1. The van der Waals surface area contributed by atoms with Crippen molar-refractivity contribution in [3.63, 3.8) is 0 Å². The first-order chi connectivity index (χ1) is 15.5. The fourth-order valence-electron chi connectivity index (χ4n) is 3.44. The van der Waals surface area contributed by atoms with Crippen molar-refractivity contribution >= 4 is 60.8 Å². The molecule has 2 aromatic heterocycles. The first-order valence-corrected chi connectivity index (χ1v) is 13.6. The number of hydrogen-bond acceptors (Lipinski definition) is 7. The second-order valence-corrected chi connectivity index (χ2v) is 12.8. The summed E-state index contributed by atoms with van der Waals surface area (Å²) < 4.78 is 33.0. The Morgan fingerprint density at radius 2 is 2.06 bits per heavy atom. The van der Waals surface area contributed by atoms with E-state index in [0.29, 0.717) is 11.4 Å². The Labute approximate surface area is 201 Å². The number of benzene rings is 1. The molecule has 4 rings (SSSR count). The minimum absolute atomic E-state index is 0.289. The number of alkyl carbamates (subject to hydrolysis) is 1. The van der Waals surface area contributed by atoms with Crippen LogP contribution >= 0.6 is 23.1 Å². The lowest BCUT2D eigenvalue weighted by Crippen LogP contribution is -2.38. The van der Waals surface area contributed by atoms with Gasteiger partial charge in [0.25, 0.3) is 10.0 Å². The molecule has 0 radical (unpaired) electrons. The molecule has 2 N–H and O–H groups in total. The number of aromatic amines is 1. The molecular formula is C22H26N4O4S3. The van der Waals surface area contributed by atoms with E-state index in [1.165, 1.54) is 27.4 Å². The number of anilines is 1. The summed E-state index contributed by atoms with van der Waals surface area (Å²) in [6.07, 6.45) is -0.901. The molecule has 0 saturated carbocycles. The third kappa shape index (κ3) is 4.90. The van der Waals surface area contributed by atoms with Crippen LogP contribution in [-0.4, -0.2) is 49.1 Å². The van der Waals surface area contributed by atoms with Crippen molar-refractivity contribution in [3.8, 4) is 0 Å². The number of amides is 1. The van der Waals surface area contributed by atoms with Crippen LogP contribution in [-0.2, 0) is 14.8 Å². The van der Waals surface area contributed by atoms with Gasteiger partial charge in [-0.2, -0.15) is 0 Å². The quantitative estimate of drug-likeness (QED) is 0.522. The Hall–Kier alpha value is -2.50. The molecular weight excluding hydrogens is 480 g/mol. The van der Waals surface area contributed by atoms with Gasteiger partial charge in [0.15, 0.2) is 0 Å². The lowest BCUT2D eigenvalue weighted by Gasteiger charge is -2.20. The van der Waals surface area contributed by atoms with Crippen LogP contribution in [0.25, 0.3) is 10.9 Å². The lowest BCUT2D eigenvalue weighted by molar-refractivity contribution is 0.0512. The van der Waals surface area contributed by atoms with E-state index < -0.39 is 27.9 Å². The number of fused-ring (bicyclic) bond motifs is 1. The average molecular weight is 507 g/mol. The molecule has 1 atom stereocenters. The van der Waals surface area contributed by atoms with Crippen molar-refractivity contribution in [1.82, 2.24) is 10.3 Å². The normalized spacial score (nSPS) is 16.6. The van der Waals surface area contributed by atoms with E-state index in [-0.39, 0.29) is 4.21 Å². The van der Waals surface area contributed by atoms with E-state index in [4.69, 9.17) is 4.74 Å². The molecule has 0 fully saturated rings. The predicted octanol–water partition coefficient (Wildman–Crippen LogP) is 4.71. The molecule has 3 aromatic rings. The summed E-state index contributed by atoms with van der Waals surface area (Å²) in [5.74, 6) is 0.586. The maximum Gasteiger partial charge on any atom is 0.409 e. The zero-order chi connectivity index (χ0) is 24.0. The number of sulfonamides is 1. The summed E-state index contributed by atoms with van der Waals surface area (Å²) in [7, 11) is -2.11. The standard InChI is InChI=1S/C22H26N4O4S3/c1-13-8-9-16(26(5)33(28,29)18-7-6-10-31-18)19-14(13)11-15(23-19)20-24-17(12-32-20)25-21(27)30-22(2,3)4/h6-11,17,23H,12H2,1-5H3,(H,25,27). The number of thioether (sulfide) groups is 1. The van der Waals surface area contributed by atoms with Gasteiger partial charge in [-0.15, -0.1) is 23.1 Å². The number of thiophene rings is 1. The van der Waals surface area contributed by atoms with Crippen molar-refractivity contribution in [1.29, 1.82) is 0 Å². The molecule has 1 aliphatic heterocycles. The van der Waals surface area contributed by atoms with Crippen LogP contribution in [0.5, 0.6) is 0 Å². The zero-order valence-corrected chi connectivity index (χ0v) is 21.5. The van der Waals surface area contributed by atoms with E-state index in [2.05, 4.69) is 15.3 Å². The van der Waals surface area contributed by atoms with Gasteiger partial charge in [-0.1, -0.05) is 12.1 Å². The number of aromatic nitrogens is 1. The molecule has 1 aromatic carbocycles. The van der Waals surface area contributed by atoms with E-state index in [1.54, 1.807) is 30.6 Å². The van der Waals surface area contributed by atoms with Gasteiger partial charge < -0.3 is 9.72 Å². The van der Waals surface area contributed by atoms with Crippen LogP contribution < -0.4 is 9.62 Å². The number of hydrogen-bond donors (Lipinski definition) is 2. The topological polar surface area (TPSA) is 104 Å². The summed E-state index contributed by atoms with van der Waals surface area (Å²) in [5.41, 5.74) is 2.50. The third-order valence-corrected chi connectivity index (χ3v) is 9.23. The second kappa shape index (κ2) is 8.69. The number of rotatable bonds is 5. The van der Waals surface area contributed by atoms with Crippen LogP contribution in [0, 0.1) is 6.92 Å². The summed E-state index contributed by atoms with van der Waals surface area (Å²) in [5, 5.41) is 6.19. The molecule has 3 heterocycles. The van der Waals surface area contributed by atoms with Crippen LogP contribution in [0.15, 0.2) is 44.9 Å². The van der Waals surface area contributed by atoms with Gasteiger partial charge in [-0.3, -0.25) is 14.6 Å². The lowest BCUT2D eigenvalue weighted by atomic mass is 10.1. The van der Waals surface area contributed by atoms with Gasteiger partial charge in [-0.05, 0) is 56.8 Å². The molecule has 0 spiro atoms. The first kappa shape index (κ1) is 23.7. The maximum atomic E-state index is 13.1. The number of ether oxygens (including phenoxy) is 1. The Balaban J connectivity index is 1.64. The number of aliphatic imine (C=N–C) groups is 1. The minimum Gasteiger partial charge on any atom is -0.444 e. The number of nitrogens with zero attached hydrogens (tertiary/aromatic N) is 2. The molecule has 8 nitrogen and oxygen atoms in total. The van der Waals surface area contributed by atoms with Gasteiger partial charge in [0, 0.05) is 18.2 Å². The summed E-state index contributed by atoms with van der Waals surface area (Å²) in [6, 6.07) is 9.01. The highest BCUT2D eigenvalue weighted by atomic mass is 32.2. The van der Waals surface area contributed by atoms with E-state index in [0.717, 1.165) is 27.2 Å². The molecule has 33 heavy (non-hydrogen) atoms. The van der Waals surface area contributed by atoms with Gasteiger partial charge in [0.05, 0.1) is 16.9 Å². The average Bonchev–Trinajstić information content (AvgIpc) is 3.46. The Kier molecular flexibility index (Phi) is 6.23. The fraction of sp³-hybridized carbons (Fsp3) is 0.364. The number of carbonyl (C=O) groups excluding carboxylic acids is 1. The summed E-state index contributed by atoms with van der Waals surface area (Å²) in [6.45, 7) is 7.41. The van der Waals surface area contributed by atoms with Crippen molar-refractivity contribution in [2.45, 2.75) is 43.7 Å². The molecule has 1 amide bonds. The van der Waals surface area contributed by atoms with Crippen LogP contribution in [0.2, 0.25) is 0 Å². The van der Waals surface area contributed by atoms with Crippen molar-refractivity contribution in [2.75, 3.05) is 17.1 Å². The molecule has 0 aliphatic carbocycles. The predicted molar refractivity (Wildman–Crippen MR) is 135 cm³/mol. The van der Waals surface area contributed by atoms with Crippen molar-refractivity contribution in [2.24, 2.45) is 4.99 Å². The summed E-state index contributed by atoms with van der Waals surface area (Å²) in [4.78, 5) is 20.1. The van der Waals surface area contributed by atoms with E-state index in [9.17, 15) is 13.2 Å². The van der Waals surface area contributed by atoms with Gasteiger partial charge in [0.2, 0.25) is 0 Å². The number of aryl methyl sites for hydroxylation is 1. The third-order valence-electron chi connectivity index (χ3n) is 5.00. The highest BCUT2D eigenvalue weighted by molar-refractivity contribution is 8.14.